The summed E-state index contributed by atoms with van der Waals surface area (Å²) in [4.78, 5) is 24.1. The summed E-state index contributed by atoms with van der Waals surface area (Å²) in [6.45, 7) is 1.96. The first-order chi connectivity index (χ1) is 13.8. The molecule has 29 heavy (non-hydrogen) atoms. The molecule has 0 unspecified atom stereocenters. The van der Waals surface area contributed by atoms with Crippen molar-refractivity contribution >= 4 is 27.8 Å². The summed E-state index contributed by atoms with van der Waals surface area (Å²) in [5, 5.41) is 6.02. The van der Waals surface area contributed by atoms with Crippen molar-refractivity contribution < 1.29 is 32.0 Å². The van der Waals surface area contributed by atoms with Gasteiger partial charge in [0.25, 0.3) is 5.91 Å². The molecule has 3 rings (SSSR count). The Balaban J connectivity index is 1.71. The summed E-state index contributed by atoms with van der Waals surface area (Å²) in [6.07, 6.45) is 1.56. The van der Waals surface area contributed by atoms with Crippen LogP contribution >= 0.6 is 0 Å². The van der Waals surface area contributed by atoms with E-state index in [1.54, 1.807) is 6.92 Å². The second-order valence-electron chi connectivity index (χ2n) is 6.43. The van der Waals surface area contributed by atoms with Crippen molar-refractivity contribution in [2.45, 2.75) is 24.7 Å². The molecule has 1 aromatic heterocycles. The number of carbonyl (C=O) groups is 2. The van der Waals surface area contributed by atoms with E-state index >= 15 is 0 Å². The topological polar surface area (TPSA) is 128 Å². The van der Waals surface area contributed by atoms with E-state index in [0.29, 0.717) is 18.8 Å². The minimum Gasteiger partial charge on any atom is -0.495 e. The zero-order chi connectivity index (χ0) is 21.0. The summed E-state index contributed by atoms with van der Waals surface area (Å²) in [6, 6.07) is 5.48. The number of aromatic nitrogens is 1. The van der Waals surface area contributed by atoms with Gasteiger partial charge in [-0.2, -0.15) is 4.31 Å². The van der Waals surface area contributed by atoms with Gasteiger partial charge in [0.1, 0.15) is 10.6 Å². The molecule has 2 heterocycles. The standard InChI is InChI=1S/C18H21N3O7S/c1-12-9-17(28-20-12)19-16(22)11-27-18(23)13-5-6-14(26-2)15(10-13)29(24,25)21-7-3-4-8-21/h5-6,9-10H,3-4,7-8,11H2,1-2H3,(H,19,22). The minimum atomic E-state index is -3.81. The average Bonchev–Trinajstić information content (AvgIpc) is 3.38. The number of amides is 1. The van der Waals surface area contributed by atoms with E-state index in [-0.39, 0.29) is 22.1 Å². The monoisotopic (exact) mass is 423 g/mol. The number of anilines is 1. The van der Waals surface area contributed by atoms with Crippen molar-refractivity contribution in [1.82, 2.24) is 9.46 Å². The van der Waals surface area contributed by atoms with Crippen molar-refractivity contribution in [3.63, 3.8) is 0 Å². The molecule has 0 radical (unpaired) electrons. The molecule has 156 valence electrons. The summed E-state index contributed by atoms with van der Waals surface area (Å²) < 4.78 is 42.1. The molecule has 1 fully saturated rings. The first kappa shape index (κ1) is 20.8. The highest BCUT2D eigenvalue weighted by atomic mass is 32.2. The Bertz CT molecular complexity index is 1010. The van der Waals surface area contributed by atoms with Gasteiger partial charge in [0.15, 0.2) is 6.61 Å². The van der Waals surface area contributed by atoms with Crippen molar-refractivity contribution in [1.29, 1.82) is 0 Å². The van der Waals surface area contributed by atoms with Crippen LogP contribution in [0.3, 0.4) is 0 Å². The molecule has 1 amide bonds. The maximum Gasteiger partial charge on any atom is 0.338 e. The number of aryl methyl sites for hydroxylation is 1. The molecule has 11 heteroatoms. The first-order valence-electron chi connectivity index (χ1n) is 8.90. The predicted molar refractivity (Wildman–Crippen MR) is 101 cm³/mol. The van der Waals surface area contributed by atoms with Gasteiger partial charge in [-0.25, -0.2) is 13.2 Å². The van der Waals surface area contributed by atoms with Crippen LogP contribution < -0.4 is 10.1 Å². The van der Waals surface area contributed by atoms with E-state index in [2.05, 4.69) is 10.5 Å². The van der Waals surface area contributed by atoms with E-state index in [0.717, 1.165) is 12.8 Å². The van der Waals surface area contributed by atoms with Crippen LogP contribution in [0.25, 0.3) is 0 Å². The highest BCUT2D eigenvalue weighted by Crippen LogP contribution is 2.30. The lowest BCUT2D eigenvalue weighted by atomic mass is 10.2. The van der Waals surface area contributed by atoms with Gasteiger partial charge in [-0.3, -0.25) is 10.1 Å². The Labute approximate surface area is 167 Å². The fourth-order valence-corrected chi connectivity index (χ4v) is 4.58. The van der Waals surface area contributed by atoms with Crippen molar-refractivity contribution in [2.75, 3.05) is 32.1 Å². The smallest absolute Gasteiger partial charge is 0.338 e. The summed E-state index contributed by atoms with van der Waals surface area (Å²) in [7, 11) is -2.45. The second kappa shape index (κ2) is 8.62. The Morgan fingerprint density at radius 3 is 2.59 bits per heavy atom. The lowest BCUT2D eigenvalue weighted by Gasteiger charge is -2.18. The molecule has 0 bridgehead atoms. The third kappa shape index (κ3) is 4.74. The third-order valence-corrected chi connectivity index (χ3v) is 6.23. The Morgan fingerprint density at radius 1 is 1.24 bits per heavy atom. The molecule has 1 N–H and O–H groups in total. The van der Waals surface area contributed by atoms with Crippen LogP contribution in [0.5, 0.6) is 5.75 Å². The summed E-state index contributed by atoms with van der Waals surface area (Å²) >= 11 is 0. The quantitative estimate of drug-likeness (QED) is 0.665. The number of methoxy groups -OCH3 is 1. The van der Waals surface area contributed by atoms with E-state index in [1.807, 2.05) is 0 Å². The van der Waals surface area contributed by atoms with Crippen LogP contribution in [0.1, 0.15) is 28.9 Å². The number of nitrogens with one attached hydrogen (secondary N) is 1. The highest BCUT2D eigenvalue weighted by molar-refractivity contribution is 7.89. The van der Waals surface area contributed by atoms with Crippen LogP contribution in [-0.2, 0) is 19.6 Å². The zero-order valence-corrected chi connectivity index (χ0v) is 16.8. The molecule has 1 aliphatic heterocycles. The molecular formula is C18H21N3O7S. The number of ether oxygens (including phenoxy) is 2. The van der Waals surface area contributed by atoms with Gasteiger partial charge in [-0.05, 0) is 38.0 Å². The molecule has 0 saturated carbocycles. The van der Waals surface area contributed by atoms with E-state index in [9.17, 15) is 18.0 Å². The van der Waals surface area contributed by atoms with Gasteiger partial charge < -0.3 is 14.0 Å². The molecular weight excluding hydrogens is 402 g/mol. The van der Waals surface area contributed by atoms with E-state index in [1.165, 1.54) is 35.7 Å². The number of hydrogen-bond acceptors (Lipinski definition) is 8. The largest absolute Gasteiger partial charge is 0.495 e. The fraction of sp³-hybridized carbons (Fsp3) is 0.389. The molecule has 1 saturated heterocycles. The van der Waals surface area contributed by atoms with Crippen molar-refractivity contribution in [3.05, 3.63) is 35.5 Å². The lowest BCUT2D eigenvalue weighted by molar-refractivity contribution is -0.119. The Hall–Kier alpha value is -2.92. The van der Waals surface area contributed by atoms with Crippen molar-refractivity contribution in [2.24, 2.45) is 0 Å². The molecule has 0 spiro atoms. The Morgan fingerprint density at radius 2 is 1.97 bits per heavy atom. The number of benzene rings is 1. The molecule has 10 nitrogen and oxygen atoms in total. The first-order valence-corrected chi connectivity index (χ1v) is 10.3. The molecule has 0 aliphatic carbocycles. The van der Waals surface area contributed by atoms with Crippen LogP contribution in [0, 0.1) is 6.92 Å². The number of carbonyl (C=O) groups excluding carboxylic acids is 2. The molecule has 1 aliphatic rings. The van der Waals surface area contributed by atoms with Gasteiger partial charge in [0, 0.05) is 19.2 Å². The molecule has 1 aromatic carbocycles. The van der Waals surface area contributed by atoms with E-state index in [4.69, 9.17) is 14.0 Å². The minimum absolute atomic E-state index is 0.00752. The summed E-state index contributed by atoms with van der Waals surface area (Å²) in [5.74, 6) is -1.19. The zero-order valence-electron chi connectivity index (χ0n) is 16.0. The van der Waals surface area contributed by atoms with Gasteiger partial charge in [-0.1, -0.05) is 5.16 Å². The predicted octanol–water partition coefficient (Wildman–Crippen LogP) is 1.57. The van der Waals surface area contributed by atoms with Crippen LogP contribution in [0.2, 0.25) is 0 Å². The fourth-order valence-electron chi connectivity index (χ4n) is 2.88. The van der Waals surface area contributed by atoms with Gasteiger partial charge in [0.2, 0.25) is 15.9 Å². The molecule has 2 aromatic rings. The number of nitrogens with zero attached hydrogens (tertiary/aromatic N) is 2. The number of sulfonamides is 1. The maximum atomic E-state index is 12.9. The molecule has 0 atom stereocenters. The van der Waals surface area contributed by atoms with Crippen LogP contribution in [0.4, 0.5) is 5.88 Å². The highest BCUT2D eigenvalue weighted by Gasteiger charge is 2.31. The van der Waals surface area contributed by atoms with E-state index < -0.39 is 28.5 Å². The number of rotatable bonds is 7. The summed E-state index contributed by atoms with van der Waals surface area (Å²) in [5.41, 5.74) is 0.578. The van der Waals surface area contributed by atoms with Gasteiger partial charge in [0.05, 0.1) is 18.4 Å². The van der Waals surface area contributed by atoms with Crippen LogP contribution in [-0.4, -0.2) is 56.6 Å². The number of esters is 1. The third-order valence-electron chi connectivity index (χ3n) is 4.31. The Kier molecular flexibility index (Phi) is 6.18. The lowest BCUT2D eigenvalue weighted by Crippen LogP contribution is -2.28. The second-order valence-corrected chi connectivity index (χ2v) is 8.34. The van der Waals surface area contributed by atoms with Crippen LogP contribution in [0.15, 0.2) is 33.7 Å². The van der Waals surface area contributed by atoms with Gasteiger partial charge >= 0.3 is 5.97 Å². The SMILES string of the molecule is COc1ccc(C(=O)OCC(=O)Nc2cc(C)no2)cc1S(=O)(=O)N1CCCC1. The van der Waals surface area contributed by atoms with Gasteiger partial charge in [-0.15, -0.1) is 0 Å². The van der Waals surface area contributed by atoms with Crippen molar-refractivity contribution in [3.8, 4) is 5.75 Å². The normalized spacial score (nSPS) is 14.6. The number of hydrogen-bond donors (Lipinski definition) is 1. The maximum absolute atomic E-state index is 12.9. The average molecular weight is 423 g/mol.